The lowest BCUT2D eigenvalue weighted by atomic mass is 9.97. The van der Waals surface area contributed by atoms with Crippen LogP contribution in [0.3, 0.4) is 0 Å². The number of nitrogens with one attached hydrogen (secondary N) is 1. The number of carboxylic acids is 1. The monoisotopic (exact) mass is 296 g/mol. The van der Waals surface area contributed by atoms with Crippen molar-refractivity contribution in [3.63, 3.8) is 0 Å². The molecule has 0 heterocycles. The molecule has 0 aromatic heterocycles. The molecule has 0 aliphatic carbocycles. The zero-order valence-electron chi connectivity index (χ0n) is 12.3. The third-order valence-electron chi connectivity index (χ3n) is 2.98. The van der Waals surface area contributed by atoms with E-state index in [0.717, 1.165) is 0 Å². The average Bonchev–Trinajstić information content (AvgIpc) is 2.38. The summed E-state index contributed by atoms with van der Waals surface area (Å²) in [7, 11) is 0. The Morgan fingerprint density at radius 2 is 2.19 bits per heavy atom. The van der Waals surface area contributed by atoms with Crippen LogP contribution in [-0.2, 0) is 4.79 Å². The summed E-state index contributed by atoms with van der Waals surface area (Å²) in [5.41, 5.74) is -1.16. The summed E-state index contributed by atoms with van der Waals surface area (Å²) in [6, 6.07) is 5.82. The Morgan fingerprint density at radius 1 is 1.52 bits per heavy atom. The fourth-order valence-corrected chi connectivity index (χ4v) is 1.94. The summed E-state index contributed by atoms with van der Waals surface area (Å²) < 4.78 is 5.42. The SMILES string of the molecule is CC(C)NC(C)(CCOc1cccc([N+](=O)[O-])c1)C(=O)O. The van der Waals surface area contributed by atoms with E-state index in [0.29, 0.717) is 5.75 Å². The van der Waals surface area contributed by atoms with Crippen molar-refractivity contribution in [3.05, 3.63) is 34.4 Å². The molecule has 1 aromatic rings. The van der Waals surface area contributed by atoms with Crippen LogP contribution >= 0.6 is 0 Å². The summed E-state index contributed by atoms with van der Waals surface area (Å²) in [4.78, 5) is 21.5. The molecule has 0 amide bonds. The van der Waals surface area contributed by atoms with Gasteiger partial charge in [0.1, 0.15) is 11.3 Å². The standard InChI is InChI=1S/C14H20N2O5/c1-10(2)15-14(3,13(17)18)7-8-21-12-6-4-5-11(9-12)16(19)20/h4-6,9-10,15H,7-8H2,1-3H3,(H,17,18). The number of nitro groups is 1. The Hall–Kier alpha value is -2.15. The summed E-state index contributed by atoms with van der Waals surface area (Å²) in [6.07, 6.45) is 0.239. The van der Waals surface area contributed by atoms with Gasteiger partial charge in [-0.25, -0.2) is 0 Å². The summed E-state index contributed by atoms with van der Waals surface area (Å²) in [5, 5.41) is 22.9. The van der Waals surface area contributed by atoms with Crippen molar-refractivity contribution in [2.45, 2.75) is 38.8 Å². The molecule has 1 rings (SSSR count). The Kier molecular flexibility index (Phi) is 5.66. The number of hydrogen-bond acceptors (Lipinski definition) is 5. The minimum atomic E-state index is -1.10. The average molecular weight is 296 g/mol. The second kappa shape index (κ2) is 7.03. The van der Waals surface area contributed by atoms with Gasteiger partial charge in [0.15, 0.2) is 0 Å². The highest BCUT2D eigenvalue weighted by Gasteiger charge is 2.33. The largest absolute Gasteiger partial charge is 0.493 e. The highest BCUT2D eigenvalue weighted by Crippen LogP contribution is 2.20. The number of aliphatic carboxylic acids is 1. The summed E-state index contributed by atoms with van der Waals surface area (Å²) >= 11 is 0. The Morgan fingerprint density at radius 3 is 2.71 bits per heavy atom. The summed E-state index contributed by atoms with van der Waals surface area (Å²) in [6.45, 7) is 5.46. The van der Waals surface area contributed by atoms with E-state index in [1.54, 1.807) is 13.0 Å². The van der Waals surface area contributed by atoms with E-state index in [4.69, 9.17) is 4.74 Å². The van der Waals surface area contributed by atoms with Crippen molar-refractivity contribution in [2.24, 2.45) is 0 Å². The second-order valence-electron chi connectivity index (χ2n) is 5.29. The van der Waals surface area contributed by atoms with Crippen LogP contribution in [0.5, 0.6) is 5.75 Å². The lowest BCUT2D eigenvalue weighted by Crippen LogP contribution is -2.53. The first kappa shape index (κ1) is 16.9. The maximum absolute atomic E-state index is 11.3. The van der Waals surface area contributed by atoms with Crippen molar-refractivity contribution in [2.75, 3.05) is 6.61 Å². The van der Waals surface area contributed by atoms with E-state index < -0.39 is 16.4 Å². The van der Waals surface area contributed by atoms with Crippen LogP contribution in [0.4, 0.5) is 5.69 Å². The van der Waals surface area contributed by atoms with Crippen molar-refractivity contribution in [1.29, 1.82) is 0 Å². The molecule has 0 spiro atoms. The Labute approximate surface area is 123 Å². The van der Waals surface area contributed by atoms with Gasteiger partial charge in [0.25, 0.3) is 5.69 Å². The first-order valence-corrected chi connectivity index (χ1v) is 6.63. The zero-order valence-corrected chi connectivity index (χ0v) is 12.3. The number of nitrogens with zero attached hydrogens (tertiary/aromatic N) is 1. The molecule has 1 atom stereocenters. The topological polar surface area (TPSA) is 102 Å². The van der Waals surface area contributed by atoms with E-state index in [1.165, 1.54) is 18.2 Å². The third kappa shape index (κ3) is 5.03. The number of nitro benzene ring substituents is 1. The number of rotatable bonds is 8. The van der Waals surface area contributed by atoms with Crippen molar-refractivity contribution < 1.29 is 19.6 Å². The number of ether oxygens (including phenoxy) is 1. The van der Waals surface area contributed by atoms with E-state index >= 15 is 0 Å². The molecular weight excluding hydrogens is 276 g/mol. The van der Waals surface area contributed by atoms with Gasteiger partial charge in [-0.15, -0.1) is 0 Å². The smallest absolute Gasteiger partial charge is 0.323 e. The third-order valence-corrected chi connectivity index (χ3v) is 2.98. The molecule has 0 aliphatic heterocycles. The second-order valence-corrected chi connectivity index (χ2v) is 5.29. The van der Waals surface area contributed by atoms with Crippen molar-refractivity contribution >= 4 is 11.7 Å². The number of benzene rings is 1. The predicted octanol–water partition coefficient (Wildman–Crippen LogP) is 2.20. The van der Waals surface area contributed by atoms with E-state index in [2.05, 4.69) is 5.32 Å². The molecule has 7 heteroatoms. The Bertz CT molecular complexity index is 518. The zero-order chi connectivity index (χ0) is 16.0. The van der Waals surface area contributed by atoms with Gasteiger partial charge in [0, 0.05) is 18.5 Å². The maximum Gasteiger partial charge on any atom is 0.323 e. The van der Waals surface area contributed by atoms with Crippen LogP contribution in [0.25, 0.3) is 0 Å². The quantitative estimate of drug-likeness (QED) is 0.563. The van der Waals surface area contributed by atoms with Crippen molar-refractivity contribution in [3.8, 4) is 5.75 Å². The molecule has 0 aliphatic rings. The summed E-state index contributed by atoms with van der Waals surface area (Å²) in [5.74, 6) is -0.611. The molecule has 7 nitrogen and oxygen atoms in total. The molecule has 0 bridgehead atoms. The first-order valence-electron chi connectivity index (χ1n) is 6.63. The van der Waals surface area contributed by atoms with Crippen LogP contribution in [-0.4, -0.2) is 34.2 Å². The van der Waals surface area contributed by atoms with Gasteiger partial charge in [0.2, 0.25) is 0 Å². The van der Waals surface area contributed by atoms with Crippen LogP contribution in [0.15, 0.2) is 24.3 Å². The minimum absolute atomic E-state index is 0.0175. The van der Waals surface area contributed by atoms with Gasteiger partial charge in [-0.3, -0.25) is 20.2 Å². The number of carboxylic acid groups (broad SMARTS) is 1. The predicted molar refractivity (Wildman–Crippen MR) is 77.5 cm³/mol. The maximum atomic E-state index is 11.3. The highest BCUT2D eigenvalue weighted by molar-refractivity contribution is 5.78. The lowest BCUT2D eigenvalue weighted by Gasteiger charge is -2.28. The van der Waals surface area contributed by atoms with E-state index in [1.807, 2.05) is 13.8 Å². The molecule has 1 unspecified atom stereocenters. The minimum Gasteiger partial charge on any atom is -0.493 e. The van der Waals surface area contributed by atoms with Crippen LogP contribution in [0.1, 0.15) is 27.2 Å². The van der Waals surface area contributed by atoms with Crippen molar-refractivity contribution in [1.82, 2.24) is 5.32 Å². The Balaban J connectivity index is 2.64. The fraction of sp³-hybridized carbons (Fsp3) is 0.500. The molecule has 21 heavy (non-hydrogen) atoms. The molecule has 0 fully saturated rings. The molecule has 116 valence electrons. The van der Waals surface area contributed by atoms with Gasteiger partial charge < -0.3 is 9.84 Å². The molecule has 0 saturated heterocycles. The molecule has 0 radical (unpaired) electrons. The normalized spacial score (nSPS) is 13.7. The van der Waals surface area contributed by atoms with Gasteiger partial charge in [-0.1, -0.05) is 6.07 Å². The number of carbonyl (C=O) groups is 1. The molecule has 0 saturated carbocycles. The molecular formula is C14H20N2O5. The molecule has 2 N–H and O–H groups in total. The van der Waals surface area contributed by atoms with E-state index in [9.17, 15) is 20.0 Å². The fourth-order valence-electron chi connectivity index (χ4n) is 1.94. The van der Waals surface area contributed by atoms with Crippen LogP contribution in [0, 0.1) is 10.1 Å². The van der Waals surface area contributed by atoms with Gasteiger partial charge in [-0.2, -0.15) is 0 Å². The van der Waals surface area contributed by atoms with Gasteiger partial charge >= 0.3 is 5.97 Å². The van der Waals surface area contributed by atoms with Gasteiger partial charge in [0.05, 0.1) is 17.6 Å². The lowest BCUT2D eigenvalue weighted by molar-refractivity contribution is -0.384. The first-order chi connectivity index (χ1) is 9.74. The highest BCUT2D eigenvalue weighted by atomic mass is 16.6. The molecule has 1 aromatic carbocycles. The van der Waals surface area contributed by atoms with Crippen LogP contribution < -0.4 is 10.1 Å². The number of hydrogen-bond donors (Lipinski definition) is 2. The van der Waals surface area contributed by atoms with E-state index in [-0.39, 0.29) is 24.8 Å². The van der Waals surface area contributed by atoms with Gasteiger partial charge in [-0.05, 0) is 26.8 Å². The van der Waals surface area contributed by atoms with Crippen LogP contribution in [0.2, 0.25) is 0 Å². The number of non-ortho nitro benzene ring substituents is 1.